The molecule has 3 rings (SSSR count). The number of benzene rings is 2. The van der Waals surface area contributed by atoms with Gasteiger partial charge in [-0.25, -0.2) is 9.18 Å². The zero-order chi connectivity index (χ0) is 19.9. The van der Waals surface area contributed by atoms with Crippen LogP contribution in [-0.4, -0.2) is 18.5 Å². The molecular formula is C22H20FNO3S. The molecule has 1 aromatic heterocycles. The molecule has 0 aliphatic heterocycles. The molecule has 0 atom stereocenters. The Bertz CT molecular complexity index is 952. The number of thiophene rings is 1. The lowest BCUT2D eigenvalue weighted by Crippen LogP contribution is -2.15. The van der Waals surface area contributed by atoms with Gasteiger partial charge < -0.3 is 10.1 Å². The fourth-order valence-electron chi connectivity index (χ4n) is 2.79. The fraction of sp³-hybridized carbons (Fsp3) is 0.182. The van der Waals surface area contributed by atoms with Crippen LogP contribution >= 0.6 is 11.3 Å². The van der Waals surface area contributed by atoms with Crippen molar-refractivity contribution >= 4 is 28.2 Å². The Balaban J connectivity index is 1.80. The van der Waals surface area contributed by atoms with Crippen LogP contribution in [0.3, 0.4) is 0 Å². The van der Waals surface area contributed by atoms with Gasteiger partial charge in [0.05, 0.1) is 6.61 Å². The normalized spacial score (nSPS) is 10.5. The van der Waals surface area contributed by atoms with Gasteiger partial charge in [0.2, 0.25) is 5.91 Å². The van der Waals surface area contributed by atoms with E-state index in [1.54, 1.807) is 24.4 Å². The van der Waals surface area contributed by atoms with Crippen LogP contribution in [0.25, 0.3) is 11.1 Å². The second kappa shape index (κ2) is 9.28. The predicted molar refractivity (Wildman–Crippen MR) is 109 cm³/mol. The van der Waals surface area contributed by atoms with Gasteiger partial charge in [-0.1, -0.05) is 42.5 Å². The molecule has 0 bridgehead atoms. The van der Waals surface area contributed by atoms with E-state index >= 15 is 0 Å². The third-order valence-corrected chi connectivity index (χ3v) is 5.06. The molecule has 1 heterocycles. The van der Waals surface area contributed by atoms with E-state index in [9.17, 15) is 14.0 Å². The topological polar surface area (TPSA) is 55.4 Å². The first-order valence-electron chi connectivity index (χ1n) is 8.96. The summed E-state index contributed by atoms with van der Waals surface area (Å²) in [4.78, 5) is 24.9. The predicted octanol–water partition coefficient (Wildman–Crippen LogP) is 5.30. The lowest BCUT2D eigenvalue weighted by atomic mass is 10.0. The van der Waals surface area contributed by atoms with Crippen LogP contribution < -0.4 is 5.32 Å². The minimum atomic E-state index is -0.513. The second-order valence-electron chi connectivity index (χ2n) is 6.11. The third kappa shape index (κ3) is 4.84. The number of esters is 1. The highest BCUT2D eigenvalue weighted by molar-refractivity contribution is 7.15. The number of hydrogen-bond acceptors (Lipinski definition) is 4. The van der Waals surface area contributed by atoms with Crippen molar-refractivity contribution in [2.24, 2.45) is 0 Å². The summed E-state index contributed by atoms with van der Waals surface area (Å²) in [6.45, 7) is 1.94. The molecule has 28 heavy (non-hydrogen) atoms. The Kier molecular flexibility index (Phi) is 6.55. The highest BCUT2D eigenvalue weighted by Crippen LogP contribution is 2.36. The maximum atomic E-state index is 13.2. The summed E-state index contributed by atoms with van der Waals surface area (Å²) in [7, 11) is 0. The molecule has 0 aliphatic carbocycles. The zero-order valence-electron chi connectivity index (χ0n) is 15.4. The third-order valence-electron chi connectivity index (χ3n) is 4.16. The van der Waals surface area contributed by atoms with Crippen LogP contribution in [0.2, 0.25) is 0 Å². The Morgan fingerprint density at radius 1 is 1.07 bits per heavy atom. The van der Waals surface area contributed by atoms with Crippen molar-refractivity contribution in [1.82, 2.24) is 0 Å². The van der Waals surface area contributed by atoms with Crippen LogP contribution in [0.4, 0.5) is 9.39 Å². The molecule has 3 aromatic rings. The van der Waals surface area contributed by atoms with Gasteiger partial charge in [-0.3, -0.25) is 4.79 Å². The summed E-state index contributed by atoms with van der Waals surface area (Å²) in [5.41, 5.74) is 2.67. The maximum absolute atomic E-state index is 13.2. The molecule has 1 N–H and O–H groups in total. The Hall–Kier alpha value is -2.99. The van der Waals surface area contributed by atoms with Crippen LogP contribution in [-0.2, 0) is 16.0 Å². The standard InChI is InChI=1S/C22H20FNO3S/c1-2-27-22(26)20-18(16-9-11-17(23)12-10-16)14-28-21(20)24-19(25)13-8-15-6-4-3-5-7-15/h3-7,9-12,14H,2,8,13H2,1H3,(H,24,25). The van der Waals surface area contributed by atoms with Gasteiger partial charge in [-0.15, -0.1) is 11.3 Å². The van der Waals surface area contributed by atoms with Crippen LogP contribution in [0, 0.1) is 5.82 Å². The molecule has 0 fully saturated rings. The number of aryl methyl sites for hydroxylation is 1. The van der Waals surface area contributed by atoms with Crippen LogP contribution in [0.15, 0.2) is 60.0 Å². The SMILES string of the molecule is CCOC(=O)c1c(-c2ccc(F)cc2)csc1NC(=O)CCc1ccccc1. The monoisotopic (exact) mass is 397 g/mol. The lowest BCUT2D eigenvalue weighted by molar-refractivity contribution is -0.116. The van der Waals surface area contributed by atoms with Crippen molar-refractivity contribution in [2.75, 3.05) is 11.9 Å². The van der Waals surface area contributed by atoms with Crippen molar-refractivity contribution in [3.05, 3.63) is 76.9 Å². The van der Waals surface area contributed by atoms with E-state index in [1.807, 2.05) is 30.3 Å². The molecule has 2 aromatic carbocycles. The van der Waals surface area contributed by atoms with E-state index in [-0.39, 0.29) is 18.3 Å². The van der Waals surface area contributed by atoms with Crippen molar-refractivity contribution < 1.29 is 18.7 Å². The largest absolute Gasteiger partial charge is 0.462 e. The number of rotatable bonds is 7. The van der Waals surface area contributed by atoms with Gasteiger partial charge in [0.25, 0.3) is 0 Å². The van der Waals surface area contributed by atoms with Gasteiger partial charge in [-0.2, -0.15) is 0 Å². The van der Waals surface area contributed by atoms with E-state index in [0.717, 1.165) is 5.56 Å². The first-order chi connectivity index (χ1) is 13.6. The van der Waals surface area contributed by atoms with Crippen LogP contribution in [0.5, 0.6) is 0 Å². The van der Waals surface area contributed by atoms with Gasteiger partial charge in [0, 0.05) is 17.4 Å². The van der Waals surface area contributed by atoms with Crippen molar-refractivity contribution in [1.29, 1.82) is 0 Å². The number of anilines is 1. The molecule has 0 spiro atoms. The van der Waals surface area contributed by atoms with E-state index in [1.165, 1.54) is 23.5 Å². The van der Waals surface area contributed by atoms with Gasteiger partial charge in [0.15, 0.2) is 0 Å². The average Bonchev–Trinajstić information content (AvgIpc) is 3.11. The summed E-state index contributed by atoms with van der Waals surface area (Å²) in [5.74, 6) is -1.05. The molecule has 0 saturated heterocycles. The minimum Gasteiger partial charge on any atom is -0.462 e. The molecule has 0 unspecified atom stereocenters. The average molecular weight is 397 g/mol. The summed E-state index contributed by atoms with van der Waals surface area (Å²) >= 11 is 1.25. The fourth-order valence-corrected chi connectivity index (χ4v) is 3.76. The van der Waals surface area contributed by atoms with Gasteiger partial charge >= 0.3 is 5.97 Å². The van der Waals surface area contributed by atoms with Crippen LogP contribution in [0.1, 0.15) is 29.3 Å². The highest BCUT2D eigenvalue weighted by Gasteiger charge is 2.22. The maximum Gasteiger partial charge on any atom is 0.341 e. The number of carbonyl (C=O) groups excluding carboxylic acids is 2. The molecule has 0 radical (unpaired) electrons. The number of halogens is 1. The number of carbonyl (C=O) groups is 2. The van der Waals surface area contributed by atoms with E-state index in [4.69, 9.17) is 4.74 Å². The smallest absolute Gasteiger partial charge is 0.341 e. The molecular weight excluding hydrogens is 377 g/mol. The van der Waals surface area contributed by atoms with Crippen molar-refractivity contribution in [3.63, 3.8) is 0 Å². The van der Waals surface area contributed by atoms with E-state index < -0.39 is 5.97 Å². The molecule has 144 valence electrons. The Labute approximate surface area is 167 Å². The highest BCUT2D eigenvalue weighted by atomic mass is 32.1. The lowest BCUT2D eigenvalue weighted by Gasteiger charge is -2.09. The van der Waals surface area contributed by atoms with E-state index in [0.29, 0.717) is 34.5 Å². The number of amides is 1. The Morgan fingerprint density at radius 3 is 2.46 bits per heavy atom. The molecule has 6 heteroatoms. The summed E-state index contributed by atoms with van der Waals surface area (Å²) in [6, 6.07) is 15.6. The van der Waals surface area contributed by atoms with Crippen molar-refractivity contribution in [2.45, 2.75) is 19.8 Å². The Morgan fingerprint density at radius 2 is 1.79 bits per heavy atom. The summed E-state index contributed by atoms with van der Waals surface area (Å²) in [5, 5.41) is 5.04. The van der Waals surface area contributed by atoms with Gasteiger partial charge in [-0.05, 0) is 36.6 Å². The first-order valence-corrected chi connectivity index (χ1v) is 9.84. The van der Waals surface area contributed by atoms with E-state index in [2.05, 4.69) is 5.32 Å². The van der Waals surface area contributed by atoms with Gasteiger partial charge in [0.1, 0.15) is 16.4 Å². The molecule has 0 aliphatic rings. The second-order valence-corrected chi connectivity index (χ2v) is 6.99. The molecule has 4 nitrogen and oxygen atoms in total. The quantitative estimate of drug-likeness (QED) is 0.550. The minimum absolute atomic E-state index is 0.179. The zero-order valence-corrected chi connectivity index (χ0v) is 16.2. The first kappa shape index (κ1) is 19.8. The van der Waals surface area contributed by atoms with Crippen molar-refractivity contribution in [3.8, 4) is 11.1 Å². The molecule has 1 amide bonds. The number of hydrogen-bond donors (Lipinski definition) is 1. The summed E-state index contributed by atoms with van der Waals surface area (Å²) < 4.78 is 18.4. The number of ether oxygens (including phenoxy) is 1. The molecule has 0 saturated carbocycles. The summed E-state index contributed by atoms with van der Waals surface area (Å²) in [6.07, 6.45) is 0.910. The number of nitrogens with one attached hydrogen (secondary N) is 1.